The van der Waals surface area contributed by atoms with Gasteiger partial charge in [0.2, 0.25) is 0 Å². The van der Waals surface area contributed by atoms with Crippen molar-refractivity contribution in [2.75, 3.05) is 11.1 Å². The molecule has 1 N–H and O–H groups in total. The minimum Gasteiger partial charge on any atom is -0.334 e. The molecule has 0 amide bonds. The molecule has 1 unspecified atom stereocenters. The summed E-state index contributed by atoms with van der Waals surface area (Å²) in [4.78, 5) is 4.44. The van der Waals surface area contributed by atoms with E-state index in [1.54, 1.807) is 11.8 Å². The predicted octanol–water partition coefficient (Wildman–Crippen LogP) is 3.77. The van der Waals surface area contributed by atoms with Crippen molar-refractivity contribution in [3.8, 4) is 0 Å². The lowest BCUT2D eigenvalue weighted by Gasteiger charge is -2.18. The molecule has 0 saturated heterocycles. The lowest BCUT2D eigenvalue weighted by atomic mass is 10.3. The summed E-state index contributed by atoms with van der Waals surface area (Å²) in [5.41, 5.74) is 0.571. The molecule has 0 radical (unpaired) electrons. The molecule has 0 fully saturated rings. The molecule has 0 aromatic heterocycles. The Hall–Kier alpha value is -0.740. The average Bonchev–Trinajstić information content (AvgIpc) is 2.24. The largest absolute Gasteiger partial charge is 0.334 e. The molecule has 1 aliphatic rings. The van der Waals surface area contributed by atoms with Gasteiger partial charge in [-0.15, -0.1) is 0 Å². The van der Waals surface area contributed by atoms with Crippen molar-refractivity contribution in [1.29, 1.82) is 0 Å². The first kappa shape index (κ1) is 11.7. The number of amidine groups is 1. The van der Waals surface area contributed by atoms with Gasteiger partial charge < -0.3 is 5.32 Å². The Bertz CT molecular complexity index is 422. The summed E-state index contributed by atoms with van der Waals surface area (Å²) in [6.07, 6.45) is 1.08. The van der Waals surface area contributed by atoms with Gasteiger partial charge in [-0.3, -0.25) is 4.99 Å². The van der Waals surface area contributed by atoms with E-state index in [1.807, 2.05) is 0 Å². The molecule has 5 heteroatoms. The Morgan fingerprint density at radius 2 is 2.38 bits per heavy atom. The summed E-state index contributed by atoms with van der Waals surface area (Å²) in [5, 5.41) is 4.38. The Morgan fingerprint density at radius 1 is 1.56 bits per heavy atom. The maximum absolute atomic E-state index is 13.0. The maximum atomic E-state index is 13.0. The topological polar surface area (TPSA) is 24.4 Å². The molecule has 0 saturated carbocycles. The summed E-state index contributed by atoms with van der Waals surface area (Å²) in [6.45, 7) is 2.06. The summed E-state index contributed by atoms with van der Waals surface area (Å²) in [6, 6.07) is 4.57. The fourth-order valence-corrected chi connectivity index (χ4v) is 2.66. The molecule has 2 nitrogen and oxygen atoms in total. The molecular weight excluding hydrogens is 247 g/mol. The van der Waals surface area contributed by atoms with Gasteiger partial charge in [-0.2, -0.15) is 0 Å². The zero-order valence-electron chi connectivity index (χ0n) is 8.84. The fraction of sp³-hybridized carbons (Fsp3) is 0.364. The average molecular weight is 259 g/mol. The van der Waals surface area contributed by atoms with Crippen molar-refractivity contribution in [1.82, 2.24) is 0 Å². The number of aliphatic imine (C=N–C) groups is 1. The van der Waals surface area contributed by atoms with Crippen molar-refractivity contribution < 1.29 is 4.39 Å². The molecule has 0 spiro atoms. The minimum atomic E-state index is -0.304. The van der Waals surface area contributed by atoms with E-state index in [2.05, 4.69) is 17.2 Å². The molecule has 1 aromatic rings. The van der Waals surface area contributed by atoms with Crippen LogP contribution in [0.2, 0.25) is 5.02 Å². The Balaban J connectivity index is 2.17. The Labute approximate surface area is 103 Å². The third-order valence-electron chi connectivity index (χ3n) is 2.28. The van der Waals surface area contributed by atoms with Crippen LogP contribution in [0.4, 0.5) is 10.1 Å². The second-order valence-electron chi connectivity index (χ2n) is 3.67. The number of nitrogens with zero attached hydrogens (tertiary/aromatic N) is 1. The van der Waals surface area contributed by atoms with E-state index >= 15 is 0 Å². The van der Waals surface area contributed by atoms with Gasteiger partial charge in [0.05, 0.1) is 16.8 Å². The highest BCUT2D eigenvalue weighted by molar-refractivity contribution is 8.14. The highest BCUT2D eigenvalue weighted by Crippen LogP contribution is 2.25. The highest BCUT2D eigenvalue weighted by atomic mass is 35.5. The molecule has 1 atom stereocenters. The lowest BCUT2D eigenvalue weighted by Crippen LogP contribution is -2.18. The summed E-state index contributed by atoms with van der Waals surface area (Å²) in [5.74, 6) is 0.723. The first-order valence-corrected chi connectivity index (χ1v) is 6.44. The van der Waals surface area contributed by atoms with Crippen LogP contribution in [0.1, 0.15) is 13.3 Å². The van der Waals surface area contributed by atoms with Gasteiger partial charge >= 0.3 is 0 Å². The molecule has 1 aromatic carbocycles. The summed E-state index contributed by atoms with van der Waals surface area (Å²) < 4.78 is 13.0. The van der Waals surface area contributed by atoms with Crippen LogP contribution in [-0.2, 0) is 0 Å². The van der Waals surface area contributed by atoms with Gasteiger partial charge in [-0.05, 0) is 31.5 Å². The quantitative estimate of drug-likeness (QED) is 0.829. The predicted molar refractivity (Wildman–Crippen MR) is 69.0 cm³/mol. The van der Waals surface area contributed by atoms with E-state index in [1.165, 1.54) is 18.2 Å². The SMILES string of the molecule is CC1CCSC(Nc2cc(F)ccc2Cl)=N1. The van der Waals surface area contributed by atoms with Crippen molar-refractivity contribution in [3.05, 3.63) is 29.0 Å². The second kappa shape index (κ2) is 5.06. The number of rotatable bonds is 1. The van der Waals surface area contributed by atoms with E-state index in [-0.39, 0.29) is 5.82 Å². The van der Waals surface area contributed by atoms with E-state index in [4.69, 9.17) is 11.6 Å². The van der Waals surface area contributed by atoms with Gasteiger partial charge in [0.1, 0.15) is 5.82 Å². The number of benzene rings is 1. The standard InChI is InChI=1S/C11H12ClFN2S/c1-7-4-5-16-11(14-7)15-10-6-8(13)2-3-9(10)12/h2-3,6-7H,4-5H2,1H3,(H,14,15). The Morgan fingerprint density at radius 3 is 3.12 bits per heavy atom. The van der Waals surface area contributed by atoms with Gasteiger partial charge in [0.15, 0.2) is 5.17 Å². The first-order chi connectivity index (χ1) is 7.65. The number of halogens is 2. The number of anilines is 1. The highest BCUT2D eigenvalue weighted by Gasteiger charge is 2.13. The van der Waals surface area contributed by atoms with Gasteiger partial charge in [-0.25, -0.2) is 4.39 Å². The van der Waals surface area contributed by atoms with Crippen LogP contribution in [0.25, 0.3) is 0 Å². The first-order valence-electron chi connectivity index (χ1n) is 5.08. The lowest BCUT2D eigenvalue weighted by molar-refractivity contribution is 0.628. The summed E-state index contributed by atoms with van der Waals surface area (Å²) in [7, 11) is 0. The van der Waals surface area contributed by atoms with E-state index in [0.29, 0.717) is 16.8 Å². The van der Waals surface area contributed by atoms with E-state index in [0.717, 1.165) is 17.3 Å². The van der Waals surface area contributed by atoms with Crippen LogP contribution in [0.5, 0.6) is 0 Å². The number of nitrogens with one attached hydrogen (secondary N) is 1. The number of thioether (sulfide) groups is 1. The molecule has 2 rings (SSSR count). The molecule has 86 valence electrons. The van der Waals surface area contributed by atoms with Gasteiger partial charge in [0.25, 0.3) is 0 Å². The zero-order chi connectivity index (χ0) is 11.5. The molecule has 1 aliphatic heterocycles. The van der Waals surface area contributed by atoms with Gasteiger partial charge in [-0.1, -0.05) is 23.4 Å². The Kier molecular flexibility index (Phi) is 3.71. The van der Waals surface area contributed by atoms with Crippen molar-refractivity contribution in [2.24, 2.45) is 4.99 Å². The monoisotopic (exact) mass is 258 g/mol. The third kappa shape index (κ3) is 2.89. The van der Waals surface area contributed by atoms with Crippen LogP contribution in [-0.4, -0.2) is 17.0 Å². The number of hydrogen-bond acceptors (Lipinski definition) is 3. The van der Waals surface area contributed by atoms with E-state index < -0.39 is 0 Å². The van der Waals surface area contributed by atoms with Crippen LogP contribution in [0.3, 0.4) is 0 Å². The smallest absolute Gasteiger partial charge is 0.161 e. The maximum Gasteiger partial charge on any atom is 0.161 e. The fourth-order valence-electron chi connectivity index (χ4n) is 1.40. The van der Waals surface area contributed by atoms with Crippen LogP contribution in [0, 0.1) is 5.82 Å². The molecular formula is C11H12ClFN2S. The van der Waals surface area contributed by atoms with Crippen molar-refractivity contribution >= 4 is 34.2 Å². The molecule has 16 heavy (non-hydrogen) atoms. The van der Waals surface area contributed by atoms with Crippen LogP contribution < -0.4 is 5.32 Å². The third-order valence-corrected chi connectivity index (χ3v) is 3.53. The number of hydrogen-bond donors (Lipinski definition) is 1. The van der Waals surface area contributed by atoms with Gasteiger partial charge in [0, 0.05) is 5.75 Å². The van der Waals surface area contributed by atoms with Crippen LogP contribution in [0.15, 0.2) is 23.2 Å². The van der Waals surface area contributed by atoms with Crippen molar-refractivity contribution in [2.45, 2.75) is 19.4 Å². The van der Waals surface area contributed by atoms with Crippen molar-refractivity contribution in [3.63, 3.8) is 0 Å². The van der Waals surface area contributed by atoms with E-state index in [9.17, 15) is 4.39 Å². The summed E-state index contributed by atoms with van der Waals surface area (Å²) >= 11 is 7.59. The molecule has 0 bridgehead atoms. The normalized spacial score (nSPS) is 20.4. The van der Waals surface area contributed by atoms with Crippen LogP contribution >= 0.6 is 23.4 Å². The molecule has 1 heterocycles. The second-order valence-corrected chi connectivity index (χ2v) is 5.16. The minimum absolute atomic E-state index is 0.304. The molecule has 0 aliphatic carbocycles. The zero-order valence-corrected chi connectivity index (χ0v) is 10.4.